The number of ether oxygens (including phenoxy) is 2. The number of aromatic nitrogens is 1. The molecule has 1 aliphatic heterocycles. The van der Waals surface area contributed by atoms with Gasteiger partial charge in [-0.05, 0) is 18.9 Å². The molecule has 0 radical (unpaired) electrons. The normalized spacial score (nSPS) is 19.4. The number of carbonyl (C=O) groups excluding carboxylic acids is 1. The summed E-state index contributed by atoms with van der Waals surface area (Å²) in [5, 5.41) is 0. The van der Waals surface area contributed by atoms with Gasteiger partial charge >= 0.3 is 0 Å². The molecule has 0 aromatic carbocycles. The van der Waals surface area contributed by atoms with E-state index in [0.29, 0.717) is 5.88 Å². The van der Waals surface area contributed by atoms with Crippen LogP contribution < -0.4 is 9.64 Å². The van der Waals surface area contributed by atoms with Crippen molar-refractivity contribution >= 4 is 11.6 Å². The first-order valence-corrected chi connectivity index (χ1v) is 8.90. The molecule has 2 heterocycles. The Morgan fingerprint density at radius 2 is 1.92 bits per heavy atom. The average Bonchev–Trinajstić information content (AvgIpc) is 2.67. The Labute approximate surface area is 143 Å². The van der Waals surface area contributed by atoms with Gasteiger partial charge in [0.05, 0.1) is 25.1 Å². The van der Waals surface area contributed by atoms with Crippen LogP contribution in [0.5, 0.6) is 5.88 Å². The second-order valence-corrected chi connectivity index (χ2v) is 6.50. The third-order valence-electron chi connectivity index (χ3n) is 4.92. The number of rotatable bonds is 5. The zero-order valence-corrected chi connectivity index (χ0v) is 14.4. The van der Waals surface area contributed by atoms with E-state index in [0.717, 1.165) is 44.7 Å². The number of hydrogen-bond acceptors (Lipinski definition) is 5. The van der Waals surface area contributed by atoms with Gasteiger partial charge in [-0.2, -0.15) is 0 Å². The predicted octanol–water partition coefficient (Wildman–Crippen LogP) is 2.09. The van der Waals surface area contributed by atoms with Crippen molar-refractivity contribution in [3.05, 3.63) is 18.3 Å². The summed E-state index contributed by atoms with van der Waals surface area (Å²) in [5.41, 5.74) is 1.07. The molecule has 0 unspecified atom stereocenters. The molecule has 1 aliphatic carbocycles. The molecular weight excluding hydrogens is 306 g/mol. The quantitative estimate of drug-likeness (QED) is 0.826. The molecule has 0 atom stereocenters. The molecule has 0 bridgehead atoms. The molecule has 2 aliphatic rings. The molecule has 1 aromatic heterocycles. The summed E-state index contributed by atoms with van der Waals surface area (Å²) in [5.74, 6) is 0.737. The van der Waals surface area contributed by atoms with Crippen LogP contribution in [0, 0.1) is 0 Å². The minimum Gasteiger partial charge on any atom is -0.481 e. The monoisotopic (exact) mass is 333 g/mol. The van der Waals surface area contributed by atoms with Crippen molar-refractivity contribution in [1.29, 1.82) is 0 Å². The van der Waals surface area contributed by atoms with E-state index in [1.807, 2.05) is 23.2 Å². The van der Waals surface area contributed by atoms with Gasteiger partial charge < -0.3 is 19.3 Å². The summed E-state index contributed by atoms with van der Waals surface area (Å²) in [6, 6.07) is 3.88. The first kappa shape index (κ1) is 17.0. The van der Waals surface area contributed by atoms with Crippen molar-refractivity contribution in [3.8, 4) is 5.88 Å². The maximum atomic E-state index is 12.3. The van der Waals surface area contributed by atoms with Crippen LogP contribution in [0.25, 0.3) is 0 Å². The van der Waals surface area contributed by atoms with Crippen molar-refractivity contribution in [2.45, 2.75) is 38.2 Å². The van der Waals surface area contributed by atoms with Gasteiger partial charge in [0.2, 0.25) is 11.8 Å². The SMILES string of the molecule is COc1ccc(N2CCN(C(=O)COC3CCCCC3)CC2)cn1. The van der Waals surface area contributed by atoms with Gasteiger partial charge in [-0.3, -0.25) is 4.79 Å². The predicted molar refractivity (Wildman–Crippen MR) is 92.4 cm³/mol. The van der Waals surface area contributed by atoms with Crippen LogP contribution >= 0.6 is 0 Å². The molecule has 1 saturated heterocycles. The van der Waals surface area contributed by atoms with E-state index in [4.69, 9.17) is 9.47 Å². The maximum Gasteiger partial charge on any atom is 0.248 e. The van der Waals surface area contributed by atoms with E-state index in [9.17, 15) is 4.79 Å². The van der Waals surface area contributed by atoms with Crippen molar-refractivity contribution in [1.82, 2.24) is 9.88 Å². The van der Waals surface area contributed by atoms with Gasteiger partial charge in [-0.1, -0.05) is 19.3 Å². The number of pyridine rings is 1. The highest BCUT2D eigenvalue weighted by atomic mass is 16.5. The van der Waals surface area contributed by atoms with Crippen LogP contribution in [0.4, 0.5) is 5.69 Å². The lowest BCUT2D eigenvalue weighted by Gasteiger charge is -2.36. The molecule has 0 spiro atoms. The lowest BCUT2D eigenvalue weighted by atomic mass is 9.98. The largest absolute Gasteiger partial charge is 0.481 e. The van der Waals surface area contributed by atoms with E-state index < -0.39 is 0 Å². The Morgan fingerprint density at radius 1 is 1.17 bits per heavy atom. The lowest BCUT2D eigenvalue weighted by molar-refractivity contribution is -0.139. The van der Waals surface area contributed by atoms with Gasteiger partial charge in [0.25, 0.3) is 0 Å². The van der Waals surface area contributed by atoms with Gasteiger partial charge in [-0.25, -0.2) is 4.98 Å². The van der Waals surface area contributed by atoms with Crippen LogP contribution in [-0.4, -0.2) is 61.8 Å². The summed E-state index contributed by atoms with van der Waals surface area (Å²) in [4.78, 5) is 20.7. The minimum atomic E-state index is 0.119. The van der Waals surface area contributed by atoms with Gasteiger partial charge in [-0.15, -0.1) is 0 Å². The smallest absolute Gasteiger partial charge is 0.248 e. The molecule has 6 nitrogen and oxygen atoms in total. The fourth-order valence-electron chi connectivity index (χ4n) is 3.41. The van der Waals surface area contributed by atoms with Crippen molar-refractivity contribution in [2.24, 2.45) is 0 Å². The number of amides is 1. The Bertz CT molecular complexity index is 521. The highest BCUT2D eigenvalue weighted by molar-refractivity contribution is 5.77. The second-order valence-electron chi connectivity index (χ2n) is 6.50. The summed E-state index contributed by atoms with van der Waals surface area (Å²) < 4.78 is 10.9. The molecule has 1 amide bonds. The molecule has 132 valence electrons. The minimum absolute atomic E-state index is 0.119. The Hall–Kier alpha value is -1.82. The Balaban J connectivity index is 1.42. The van der Waals surface area contributed by atoms with Crippen molar-refractivity contribution < 1.29 is 14.3 Å². The first-order valence-electron chi connectivity index (χ1n) is 8.90. The number of hydrogen-bond donors (Lipinski definition) is 0. The van der Waals surface area contributed by atoms with E-state index in [1.54, 1.807) is 7.11 Å². The van der Waals surface area contributed by atoms with E-state index in [1.165, 1.54) is 19.3 Å². The second kappa shape index (κ2) is 8.33. The van der Waals surface area contributed by atoms with Gasteiger partial charge in [0.1, 0.15) is 6.61 Å². The van der Waals surface area contributed by atoms with Crippen LogP contribution in [0.15, 0.2) is 18.3 Å². The highest BCUT2D eigenvalue weighted by Crippen LogP contribution is 2.21. The van der Waals surface area contributed by atoms with Gasteiger partial charge in [0.15, 0.2) is 0 Å². The molecule has 2 fully saturated rings. The molecular formula is C18H27N3O3. The van der Waals surface area contributed by atoms with Crippen molar-refractivity contribution in [2.75, 3.05) is 44.8 Å². The Morgan fingerprint density at radius 3 is 2.54 bits per heavy atom. The topological polar surface area (TPSA) is 54.9 Å². The third kappa shape index (κ3) is 4.38. The highest BCUT2D eigenvalue weighted by Gasteiger charge is 2.23. The fourth-order valence-corrected chi connectivity index (χ4v) is 3.41. The summed E-state index contributed by atoms with van der Waals surface area (Å²) in [6.07, 6.45) is 8.07. The lowest BCUT2D eigenvalue weighted by Crippen LogP contribution is -2.50. The zero-order chi connectivity index (χ0) is 16.8. The summed E-state index contributed by atoms with van der Waals surface area (Å²) in [7, 11) is 1.61. The first-order chi connectivity index (χ1) is 11.8. The number of carbonyl (C=O) groups is 1. The van der Waals surface area contributed by atoms with Crippen LogP contribution in [-0.2, 0) is 9.53 Å². The molecule has 6 heteroatoms. The third-order valence-corrected chi connectivity index (χ3v) is 4.92. The van der Waals surface area contributed by atoms with E-state index in [-0.39, 0.29) is 18.6 Å². The standard InChI is InChI=1S/C18H27N3O3/c1-23-17-8-7-15(13-19-17)20-9-11-21(12-10-20)18(22)14-24-16-5-3-2-4-6-16/h7-8,13,16H,2-6,9-12,14H2,1H3. The van der Waals surface area contributed by atoms with Crippen LogP contribution in [0.2, 0.25) is 0 Å². The van der Waals surface area contributed by atoms with Gasteiger partial charge in [0, 0.05) is 32.2 Å². The molecule has 0 N–H and O–H groups in total. The van der Waals surface area contributed by atoms with E-state index >= 15 is 0 Å². The molecule has 3 rings (SSSR count). The average molecular weight is 333 g/mol. The number of anilines is 1. The van der Waals surface area contributed by atoms with Crippen molar-refractivity contribution in [3.63, 3.8) is 0 Å². The zero-order valence-electron chi connectivity index (χ0n) is 14.4. The summed E-state index contributed by atoms with van der Waals surface area (Å²) >= 11 is 0. The van der Waals surface area contributed by atoms with Crippen LogP contribution in [0.3, 0.4) is 0 Å². The summed E-state index contributed by atoms with van der Waals surface area (Å²) in [6.45, 7) is 3.35. The Kier molecular flexibility index (Phi) is 5.91. The molecule has 1 saturated carbocycles. The number of nitrogens with zero attached hydrogens (tertiary/aromatic N) is 3. The molecule has 24 heavy (non-hydrogen) atoms. The number of piperazine rings is 1. The molecule has 1 aromatic rings. The van der Waals surface area contributed by atoms with Crippen LogP contribution in [0.1, 0.15) is 32.1 Å². The maximum absolute atomic E-state index is 12.3. The fraction of sp³-hybridized carbons (Fsp3) is 0.667. The van der Waals surface area contributed by atoms with E-state index in [2.05, 4.69) is 9.88 Å². The number of methoxy groups -OCH3 is 1.